The Hall–Kier alpha value is -1.89. The molecule has 0 aliphatic heterocycles. The first-order valence-corrected chi connectivity index (χ1v) is 9.98. The van der Waals surface area contributed by atoms with E-state index in [1.54, 1.807) is 18.3 Å². The van der Waals surface area contributed by atoms with E-state index < -0.39 is 10.0 Å². The molecule has 2 heterocycles. The van der Waals surface area contributed by atoms with Gasteiger partial charge < -0.3 is 0 Å². The van der Waals surface area contributed by atoms with Crippen molar-refractivity contribution in [1.29, 1.82) is 0 Å². The minimum absolute atomic E-state index is 0.200. The van der Waals surface area contributed by atoms with Gasteiger partial charge in [-0.15, -0.1) is 11.3 Å². The molecule has 0 aliphatic carbocycles. The molecule has 0 radical (unpaired) electrons. The highest BCUT2D eigenvalue weighted by Gasteiger charge is 2.16. The van der Waals surface area contributed by atoms with Gasteiger partial charge in [-0.1, -0.05) is 29.8 Å². The van der Waals surface area contributed by atoms with Crippen molar-refractivity contribution < 1.29 is 8.42 Å². The highest BCUT2D eigenvalue weighted by molar-refractivity contribution is 7.94. The average Bonchev–Trinajstić information content (AvgIpc) is 3.01. The first kappa shape index (κ1) is 17.0. The number of pyridine rings is 1. The number of thiophene rings is 1. The van der Waals surface area contributed by atoms with Gasteiger partial charge in [-0.05, 0) is 54.8 Å². The van der Waals surface area contributed by atoms with Gasteiger partial charge in [-0.3, -0.25) is 9.71 Å². The molecule has 2 aromatic heterocycles. The summed E-state index contributed by atoms with van der Waals surface area (Å²) >= 11 is 6.85. The molecular formula is C17H15ClN2O2S2. The van der Waals surface area contributed by atoms with Crippen LogP contribution in [0.3, 0.4) is 0 Å². The lowest BCUT2D eigenvalue weighted by Gasteiger charge is -2.08. The van der Waals surface area contributed by atoms with Crippen LogP contribution in [0, 0.1) is 0 Å². The van der Waals surface area contributed by atoms with Crippen molar-refractivity contribution in [3.63, 3.8) is 0 Å². The molecule has 0 fully saturated rings. The van der Waals surface area contributed by atoms with E-state index in [0.29, 0.717) is 10.0 Å². The summed E-state index contributed by atoms with van der Waals surface area (Å²) in [5.74, 6) is 0. The minimum atomic E-state index is -3.60. The summed E-state index contributed by atoms with van der Waals surface area (Å²) < 4.78 is 27.9. The smallest absolute Gasteiger partial charge is 0.271 e. The largest absolute Gasteiger partial charge is 0.279 e. The van der Waals surface area contributed by atoms with E-state index in [1.807, 2.05) is 36.4 Å². The molecule has 3 aromatic rings. The molecule has 0 saturated heterocycles. The van der Waals surface area contributed by atoms with E-state index in [-0.39, 0.29) is 4.21 Å². The predicted molar refractivity (Wildman–Crippen MR) is 98.2 cm³/mol. The maximum absolute atomic E-state index is 12.3. The van der Waals surface area contributed by atoms with Gasteiger partial charge in [0.05, 0.1) is 4.34 Å². The average molecular weight is 379 g/mol. The number of rotatable bonds is 6. The van der Waals surface area contributed by atoms with Gasteiger partial charge in [0.15, 0.2) is 0 Å². The van der Waals surface area contributed by atoms with Gasteiger partial charge in [-0.25, -0.2) is 8.42 Å². The molecule has 0 unspecified atom stereocenters. The van der Waals surface area contributed by atoms with Crippen molar-refractivity contribution in [3.05, 3.63) is 76.4 Å². The first-order valence-electron chi connectivity index (χ1n) is 7.30. The Morgan fingerprint density at radius 1 is 1.04 bits per heavy atom. The SMILES string of the molecule is O=S(=O)(Nc1cccc(CCc2ccccn2)c1)c1ccc(Cl)s1. The number of benzene rings is 1. The van der Waals surface area contributed by atoms with Crippen LogP contribution in [0.5, 0.6) is 0 Å². The Morgan fingerprint density at radius 2 is 1.92 bits per heavy atom. The molecule has 0 spiro atoms. The predicted octanol–water partition coefficient (Wildman–Crippen LogP) is 4.38. The van der Waals surface area contributed by atoms with Crippen LogP contribution in [0.2, 0.25) is 4.34 Å². The second-order valence-corrected chi connectivity index (χ2v) is 8.81. The van der Waals surface area contributed by atoms with Gasteiger partial charge >= 0.3 is 0 Å². The van der Waals surface area contributed by atoms with Crippen LogP contribution in [0.15, 0.2) is 65.0 Å². The number of hydrogen-bond acceptors (Lipinski definition) is 4. The van der Waals surface area contributed by atoms with Crippen LogP contribution in [0.25, 0.3) is 0 Å². The zero-order valence-electron chi connectivity index (χ0n) is 12.6. The number of nitrogens with one attached hydrogen (secondary N) is 1. The zero-order valence-corrected chi connectivity index (χ0v) is 15.0. The van der Waals surface area contributed by atoms with E-state index in [9.17, 15) is 8.42 Å². The van der Waals surface area contributed by atoms with Gasteiger partial charge in [0.25, 0.3) is 10.0 Å². The summed E-state index contributed by atoms with van der Waals surface area (Å²) in [5, 5.41) is 0. The Kier molecular flexibility index (Phi) is 5.18. The molecule has 3 rings (SSSR count). The highest BCUT2D eigenvalue weighted by atomic mass is 35.5. The van der Waals surface area contributed by atoms with Gasteiger partial charge in [-0.2, -0.15) is 0 Å². The molecule has 0 atom stereocenters. The third-order valence-electron chi connectivity index (χ3n) is 3.39. The molecule has 124 valence electrons. The van der Waals surface area contributed by atoms with Crippen LogP contribution in [0.4, 0.5) is 5.69 Å². The number of anilines is 1. The summed E-state index contributed by atoms with van der Waals surface area (Å²) in [4.78, 5) is 4.30. The lowest BCUT2D eigenvalue weighted by molar-refractivity contribution is 0.603. The molecule has 0 bridgehead atoms. The molecule has 7 heteroatoms. The van der Waals surface area contributed by atoms with Gasteiger partial charge in [0.2, 0.25) is 0 Å². The molecule has 24 heavy (non-hydrogen) atoms. The zero-order chi connectivity index (χ0) is 17.0. The van der Waals surface area contributed by atoms with Crippen LogP contribution in [0.1, 0.15) is 11.3 Å². The summed E-state index contributed by atoms with van der Waals surface area (Å²) in [7, 11) is -3.60. The number of hydrogen-bond donors (Lipinski definition) is 1. The Bertz CT molecular complexity index is 925. The molecule has 1 aromatic carbocycles. The summed E-state index contributed by atoms with van der Waals surface area (Å²) in [6, 6.07) is 16.3. The number of nitrogens with zero attached hydrogens (tertiary/aromatic N) is 1. The van der Waals surface area contributed by atoms with Crippen LogP contribution < -0.4 is 4.72 Å². The third kappa shape index (κ3) is 4.35. The summed E-state index contributed by atoms with van der Waals surface area (Å²) in [6.45, 7) is 0. The first-order chi connectivity index (χ1) is 11.5. The number of aryl methyl sites for hydroxylation is 2. The van der Waals surface area contributed by atoms with Crippen LogP contribution in [-0.2, 0) is 22.9 Å². The number of halogens is 1. The fourth-order valence-corrected chi connectivity index (χ4v) is 4.79. The number of aromatic nitrogens is 1. The van der Waals surface area contributed by atoms with Crippen LogP contribution >= 0.6 is 22.9 Å². The topological polar surface area (TPSA) is 59.1 Å². The lowest BCUT2D eigenvalue weighted by atomic mass is 10.1. The quantitative estimate of drug-likeness (QED) is 0.692. The molecule has 1 N–H and O–H groups in total. The van der Waals surface area contributed by atoms with Crippen LogP contribution in [-0.4, -0.2) is 13.4 Å². The molecule has 0 amide bonds. The van der Waals surface area contributed by atoms with Crippen molar-refractivity contribution in [2.45, 2.75) is 17.1 Å². The van der Waals surface area contributed by atoms with Crippen molar-refractivity contribution >= 4 is 38.6 Å². The summed E-state index contributed by atoms with van der Waals surface area (Å²) in [6.07, 6.45) is 3.36. The normalized spacial score (nSPS) is 11.4. The Balaban J connectivity index is 1.71. The second kappa shape index (κ2) is 7.34. The maximum Gasteiger partial charge on any atom is 0.271 e. The maximum atomic E-state index is 12.3. The fraction of sp³-hybridized carbons (Fsp3) is 0.118. The standard InChI is InChI=1S/C17H15ClN2O2S2/c18-16-9-10-17(23-16)24(21,22)20-15-6-3-4-13(12-15)7-8-14-5-1-2-11-19-14/h1-6,9-12,20H,7-8H2. The lowest BCUT2D eigenvalue weighted by Crippen LogP contribution is -2.11. The molecule has 0 aliphatic rings. The second-order valence-electron chi connectivity index (χ2n) is 5.19. The fourth-order valence-electron chi connectivity index (χ4n) is 2.26. The molecule has 0 saturated carbocycles. The number of sulfonamides is 1. The van der Waals surface area contributed by atoms with E-state index in [4.69, 9.17) is 11.6 Å². The van der Waals surface area contributed by atoms with Gasteiger partial charge in [0.1, 0.15) is 4.21 Å². The van der Waals surface area contributed by atoms with Crippen molar-refractivity contribution in [2.24, 2.45) is 0 Å². The Morgan fingerprint density at radius 3 is 2.62 bits per heavy atom. The Labute approximate surface area is 150 Å². The molecular weight excluding hydrogens is 364 g/mol. The molecule has 4 nitrogen and oxygen atoms in total. The van der Waals surface area contributed by atoms with Crippen molar-refractivity contribution in [1.82, 2.24) is 4.98 Å². The third-order valence-corrected chi connectivity index (χ3v) is 6.49. The van der Waals surface area contributed by atoms with Crippen molar-refractivity contribution in [3.8, 4) is 0 Å². The van der Waals surface area contributed by atoms with E-state index in [0.717, 1.165) is 35.4 Å². The summed E-state index contributed by atoms with van der Waals surface area (Å²) in [5.41, 5.74) is 2.60. The van der Waals surface area contributed by atoms with E-state index >= 15 is 0 Å². The van der Waals surface area contributed by atoms with Crippen molar-refractivity contribution in [2.75, 3.05) is 4.72 Å². The monoisotopic (exact) mass is 378 g/mol. The minimum Gasteiger partial charge on any atom is -0.279 e. The van der Waals surface area contributed by atoms with Gasteiger partial charge in [0, 0.05) is 17.6 Å². The highest BCUT2D eigenvalue weighted by Crippen LogP contribution is 2.27. The van der Waals surface area contributed by atoms with E-state index in [1.165, 1.54) is 6.07 Å². The van der Waals surface area contributed by atoms with E-state index in [2.05, 4.69) is 9.71 Å².